The van der Waals surface area contributed by atoms with Crippen molar-refractivity contribution >= 4 is 5.97 Å². The Morgan fingerprint density at radius 3 is 2.67 bits per heavy atom. The Morgan fingerprint density at radius 2 is 1.94 bits per heavy atom. The molecule has 2 rings (SSSR count). The third kappa shape index (κ3) is 4.01. The molecule has 3 heteroatoms. The molecule has 0 radical (unpaired) electrons. The molecule has 0 unspecified atom stereocenters. The van der Waals surface area contributed by atoms with Gasteiger partial charge in [0.05, 0.1) is 6.37 Å². The van der Waals surface area contributed by atoms with Gasteiger partial charge in [-0.2, -0.15) is 0 Å². The van der Waals surface area contributed by atoms with Crippen LogP contribution < -0.4 is 0 Å². The van der Waals surface area contributed by atoms with E-state index < -0.39 is 18.7 Å². The van der Waals surface area contributed by atoms with Crippen LogP contribution in [0.5, 0.6) is 0 Å². The van der Waals surface area contributed by atoms with Gasteiger partial charge in [0, 0.05) is 23.7 Å². The minimum Gasteiger partial charge on any atom is -0.461 e. The highest BCUT2D eigenvalue weighted by atomic mass is 16.5. The van der Waals surface area contributed by atoms with E-state index in [0.717, 1.165) is 0 Å². The highest BCUT2D eigenvalue weighted by Crippen LogP contribution is 2.04. The smallest absolute Gasteiger partial charge is 0.306 e. The fourth-order valence-corrected chi connectivity index (χ4v) is 1.31. The number of pyridine rings is 1. The lowest BCUT2D eigenvalue weighted by atomic mass is 10.2. The van der Waals surface area contributed by atoms with Gasteiger partial charge in [-0.15, -0.1) is 0 Å². The summed E-state index contributed by atoms with van der Waals surface area (Å²) in [7, 11) is 0. The Labute approximate surface area is 112 Å². The van der Waals surface area contributed by atoms with Gasteiger partial charge in [-0.05, 0) is 17.7 Å². The first-order valence-electron chi connectivity index (χ1n) is 7.48. The van der Waals surface area contributed by atoms with E-state index in [9.17, 15) is 4.79 Å². The lowest BCUT2D eigenvalue weighted by Gasteiger charge is -2.04. The molecule has 0 N–H and O–H groups in total. The minimum atomic E-state index is -2.85. The maximum atomic E-state index is 12.0. The van der Waals surface area contributed by atoms with Gasteiger partial charge >= 0.3 is 5.97 Å². The van der Waals surface area contributed by atoms with Gasteiger partial charge in [0.15, 0.2) is 0 Å². The van der Waals surface area contributed by atoms with Crippen molar-refractivity contribution in [2.45, 2.75) is 19.4 Å². The fourth-order valence-electron chi connectivity index (χ4n) is 1.31. The number of nitrogens with zero attached hydrogens (tertiary/aromatic N) is 1. The number of aromatic nitrogens is 1. The fraction of sp³-hybridized carbons (Fsp3) is 0.200. The summed E-state index contributed by atoms with van der Waals surface area (Å²) in [4.78, 5) is 15.8. The summed E-state index contributed by atoms with van der Waals surface area (Å²) in [5.41, 5.74) is 0.543. The molecule has 3 nitrogen and oxygen atoms in total. The second-order valence-electron chi connectivity index (χ2n) is 3.53. The highest BCUT2D eigenvalue weighted by Gasteiger charge is 2.04. The van der Waals surface area contributed by atoms with Gasteiger partial charge in [0.25, 0.3) is 0 Å². The molecule has 1 aromatic carbocycles. The highest BCUT2D eigenvalue weighted by molar-refractivity contribution is 5.69. The lowest BCUT2D eigenvalue weighted by molar-refractivity contribution is -0.144. The first-order chi connectivity index (χ1) is 10.4. The van der Waals surface area contributed by atoms with E-state index in [2.05, 4.69) is 4.98 Å². The van der Waals surface area contributed by atoms with Crippen LogP contribution in [0.2, 0.25) is 0 Å². The third-order valence-electron chi connectivity index (χ3n) is 2.17. The van der Waals surface area contributed by atoms with Crippen LogP contribution in [0.25, 0.3) is 0 Å². The predicted molar refractivity (Wildman–Crippen MR) is 68.8 cm³/mol. The number of benzene rings is 1. The maximum Gasteiger partial charge on any atom is 0.306 e. The molecular weight excluding hydrogens is 226 g/mol. The van der Waals surface area contributed by atoms with E-state index in [-0.39, 0.29) is 12.3 Å². The molecule has 0 amide bonds. The first-order valence-corrected chi connectivity index (χ1v) is 5.48. The van der Waals surface area contributed by atoms with Gasteiger partial charge in [-0.3, -0.25) is 9.78 Å². The molecule has 0 fully saturated rings. The summed E-state index contributed by atoms with van der Waals surface area (Å²) in [6.45, 7) is -0.114. The SMILES string of the molecule is [2H]C([2H])(C(=O)OCc1ccccc1)C([2H])([2H])c1ccccn1. The second-order valence-corrected chi connectivity index (χ2v) is 3.53. The number of aryl methyl sites for hydroxylation is 1. The van der Waals surface area contributed by atoms with E-state index in [0.29, 0.717) is 5.56 Å². The number of hydrogen-bond donors (Lipinski definition) is 0. The number of hydrogen-bond acceptors (Lipinski definition) is 3. The summed E-state index contributed by atoms with van der Waals surface area (Å²) < 4.78 is 36.4. The first kappa shape index (κ1) is 8.03. The van der Waals surface area contributed by atoms with Crippen LogP contribution >= 0.6 is 0 Å². The quantitative estimate of drug-likeness (QED) is 0.760. The molecule has 0 saturated heterocycles. The average Bonchev–Trinajstić information content (AvgIpc) is 2.54. The third-order valence-corrected chi connectivity index (χ3v) is 2.17. The van der Waals surface area contributed by atoms with Gasteiger partial charge in [0.2, 0.25) is 0 Å². The van der Waals surface area contributed by atoms with Gasteiger partial charge in [0.1, 0.15) is 6.61 Å². The topological polar surface area (TPSA) is 39.2 Å². The normalized spacial score (nSPS) is 14.9. The van der Waals surface area contributed by atoms with Crippen molar-refractivity contribution in [2.24, 2.45) is 0 Å². The number of carbonyl (C=O) groups excluding carboxylic acids is 1. The van der Waals surface area contributed by atoms with Crippen LogP contribution in [0.1, 0.15) is 23.1 Å². The summed E-state index contributed by atoms with van der Waals surface area (Å²) in [6, 6.07) is 13.3. The van der Waals surface area contributed by atoms with Crippen LogP contribution in [0.15, 0.2) is 54.7 Å². The molecule has 0 bridgehead atoms. The molecule has 18 heavy (non-hydrogen) atoms. The van der Waals surface area contributed by atoms with E-state index >= 15 is 0 Å². The molecule has 1 aromatic heterocycles. The lowest BCUT2D eigenvalue weighted by Crippen LogP contribution is -2.06. The largest absolute Gasteiger partial charge is 0.461 e. The van der Waals surface area contributed by atoms with Crippen LogP contribution in [0.4, 0.5) is 0 Å². The monoisotopic (exact) mass is 245 g/mol. The van der Waals surface area contributed by atoms with Gasteiger partial charge in [-0.1, -0.05) is 36.4 Å². The van der Waals surface area contributed by atoms with Crippen LogP contribution in [-0.4, -0.2) is 11.0 Å². The number of rotatable bonds is 5. The minimum absolute atomic E-state index is 0.114. The number of carbonyl (C=O) groups is 1. The van der Waals surface area contributed by atoms with Crippen molar-refractivity contribution in [1.29, 1.82) is 0 Å². The molecule has 92 valence electrons. The Hall–Kier alpha value is -2.16. The second kappa shape index (κ2) is 6.55. The summed E-state index contributed by atoms with van der Waals surface area (Å²) in [5.74, 6) is -1.26. The summed E-state index contributed by atoms with van der Waals surface area (Å²) >= 11 is 0. The Kier molecular flexibility index (Phi) is 2.92. The molecule has 1 heterocycles. The van der Waals surface area contributed by atoms with E-state index in [4.69, 9.17) is 10.2 Å². The standard InChI is InChI=1S/C15H15NO2/c17-15(10-9-14-8-4-5-11-16-14)18-12-13-6-2-1-3-7-13/h1-8,11H,9-10,12H2/i9D2,10D2. The molecule has 0 aliphatic carbocycles. The molecule has 0 aliphatic heterocycles. The van der Waals surface area contributed by atoms with Crippen LogP contribution in [-0.2, 0) is 22.5 Å². The molecule has 0 atom stereocenters. The Morgan fingerprint density at radius 1 is 1.17 bits per heavy atom. The predicted octanol–water partition coefficient (Wildman–Crippen LogP) is 2.76. The van der Waals surface area contributed by atoms with Crippen molar-refractivity contribution in [3.63, 3.8) is 0 Å². The zero-order valence-corrected chi connectivity index (χ0v) is 9.67. The van der Waals surface area contributed by atoms with E-state index in [1.165, 1.54) is 18.3 Å². The van der Waals surface area contributed by atoms with Crippen molar-refractivity contribution in [1.82, 2.24) is 4.98 Å². The molecule has 0 spiro atoms. The van der Waals surface area contributed by atoms with Crippen molar-refractivity contribution in [2.75, 3.05) is 0 Å². The van der Waals surface area contributed by atoms with Crippen molar-refractivity contribution < 1.29 is 15.0 Å². The maximum absolute atomic E-state index is 12.0. The summed E-state index contributed by atoms with van der Waals surface area (Å²) in [5, 5.41) is 0. The Balaban J connectivity index is 2.13. The molecule has 2 aromatic rings. The van der Waals surface area contributed by atoms with Gasteiger partial charge < -0.3 is 4.74 Å². The zero-order valence-electron chi connectivity index (χ0n) is 13.7. The summed E-state index contributed by atoms with van der Waals surface area (Å²) in [6.07, 6.45) is -4.10. The van der Waals surface area contributed by atoms with E-state index in [1.54, 1.807) is 30.3 Å². The van der Waals surface area contributed by atoms with E-state index in [1.807, 2.05) is 6.07 Å². The van der Waals surface area contributed by atoms with Crippen molar-refractivity contribution in [3.8, 4) is 0 Å². The van der Waals surface area contributed by atoms with Crippen LogP contribution in [0, 0.1) is 0 Å². The molecular formula is C15H15NO2. The van der Waals surface area contributed by atoms with Crippen molar-refractivity contribution in [3.05, 3.63) is 66.0 Å². The number of ether oxygens (including phenoxy) is 1. The molecule has 0 aliphatic rings. The van der Waals surface area contributed by atoms with Crippen LogP contribution in [0.3, 0.4) is 0 Å². The number of esters is 1. The van der Waals surface area contributed by atoms with Gasteiger partial charge in [-0.25, -0.2) is 0 Å². The Bertz CT molecular complexity index is 633. The molecule has 0 saturated carbocycles. The average molecular weight is 245 g/mol. The zero-order chi connectivity index (χ0) is 16.2.